The quantitative estimate of drug-likeness (QED) is 0.351. The van der Waals surface area contributed by atoms with Gasteiger partial charge in [-0.1, -0.05) is 30.0 Å². The van der Waals surface area contributed by atoms with Crippen molar-refractivity contribution in [1.29, 1.82) is 0 Å². The van der Waals surface area contributed by atoms with Crippen molar-refractivity contribution in [3.63, 3.8) is 0 Å². The summed E-state index contributed by atoms with van der Waals surface area (Å²) in [5.74, 6) is 1.25. The predicted octanol–water partition coefficient (Wildman–Crippen LogP) is 3.61. The van der Waals surface area contributed by atoms with E-state index in [1.54, 1.807) is 18.2 Å². The molecule has 10 heteroatoms. The molecule has 0 radical (unpaired) electrons. The van der Waals surface area contributed by atoms with Gasteiger partial charge in [0.25, 0.3) is 0 Å². The first-order chi connectivity index (χ1) is 15.1. The molecule has 0 fully saturated rings. The van der Waals surface area contributed by atoms with Crippen molar-refractivity contribution in [3.05, 3.63) is 59.0 Å². The number of para-hydroxylation sites is 1. The van der Waals surface area contributed by atoms with Crippen LogP contribution in [-0.2, 0) is 11.3 Å². The number of benzene rings is 2. The molecule has 0 saturated carbocycles. The van der Waals surface area contributed by atoms with Crippen molar-refractivity contribution >= 4 is 45.4 Å². The van der Waals surface area contributed by atoms with E-state index in [0.717, 1.165) is 11.0 Å². The van der Waals surface area contributed by atoms with Crippen LogP contribution in [0.25, 0.3) is 33.6 Å². The van der Waals surface area contributed by atoms with Gasteiger partial charge in [-0.05, 0) is 37.3 Å². The molecule has 0 aliphatic heterocycles. The molecule has 3 heterocycles. The van der Waals surface area contributed by atoms with Gasteiger partial charge in [0.1, 0.15) is 5.58 Å². The van der Waals surface area contributed by atoms with Gasteiger partial charge in [-0.3, -0.25) is 9.36 Å². The number of anilines is 1. The summed E-state index contributed by atoms with van der Waals surface area (Å²) in [6.45, 7) is 2.63. The van der Waals surface area contributed by atoms with Crippen molar-refractivity contribution in [2.24, 2.45) is 0 Å². The molecule has 0 saturated heterocycles. The number of thioether (sulfide) groups is 1. The Labute approximate surface area is 179 Å². The van der Waals surface area contributed by atoms with Crippen molar-refractivity contribution in [2.75, 3.05) is 11.1 Å². The maximum absolute atomic E-state index is 12.4. The molecule has 1 amide bonds. The molecule has 5 rings (SSSR count). The summed E-state index contributed by atoms with van der Waals surface area (Å²) in [4.78, 5) is 29.2. The van der Waals surface area contributed by atoms with Crippen molar-refractivity contribution in [1.82, 2.24) is 24.7 Å². The highest BCUT2D eigenvalue weighted by molar-refractivity contribution is 7.99. The van der Waals surface area contributed by atoms with Crippen molar-refractivity contribution in [3.8, 4) is 11.6 Å². The topological polar surface area (TPSA) is 122 Å². The highest BCUT2D eigenvalue weighted by atomic mass is 32.2. The third-order valence-electron chi connectivity index (χ3n) is 4.81. The first-order valence-corrected chi connectivity index (χ1v) is 10.7. The Morgan fingerprint density at radius 1 is 1.13 bits per heavy atom. The Morgan fingerprint density at radius 2 is 1.97 bits per heavy atom. The first kappa shape index (κ1) is 19.2. The van der Waals surface area contributed by atoms with E-state index in [9.17, 15) is 9.59 Å². The lowest BCUT2D eigenvalue weighted by atomic mass is 10.2. The SMILES string of the molecule is CCn1c(SCC(=O)Nc2ccc3[nH]c(=O)[nH]c3c2)nnc1-c1cc2ccccc2o1. The largest absolute Gasteiger partial charge is 0.453 e. The molecule has 0 bridgehead atoms. The van der Waals surface area contributed by atoms with Gasteiger partial charge in [0.15, 0.2) is 10.9 Å². The number of aromatic amines is 2. The molecule has 0 aliphatic carbocycles. The Balaban J connectivity index is 1.30. The molecule has 0 spiro atoms. The Morgan fingerprint density at radius 3 is 2.81 bits per heavy atom. The number of hydrogen-bond acceptors (Lipinski definition) is 6. The van der Waals surface area contributed by atoms with Gasteiger partial charge in [0.05, 0.1) is 16.8 Å². The average molecular weight is 434 g/mol. The fourth-order valence-electron chi connectivity index (χ4n) is 3.39. The lowest BCUT2D eigenvalue weighted by Crippen LogP contribution is -2.14. The van der Waals surface area contributed by atoms with E-state index in [1.165, 1.54) is 11.8 Å². The summed E-state index contributed by atoms with van der Waals surface area (Å²) in [7, 11) is 0. The van der Waals surface area contributed by atoms with Gasteiger partial charge >= 0.3 is 5.69 Å². The van der Waals surface area contributed by atoms with Gasteiger partial charge in [-0.15, -0.1) is 10.2 Å². The van der Waals surface area contributed by atoms with E-state index in [0.29, 0.717) is 40.0 Å². The summed E-state index contributed by atoms with van der Waals surface area (Å²) in [6.07, 6.45) is 0. The number of rotatable bonds is 6. The second-order valence-electron chi connectivity index (χ2n) is 6.88. The zero-order valence-corrected chi connectivity index (χ0v) is 17.3. The number of hydrogen-bond donors (Lipinski definition) is 3. The molecular weight excluding hydrogens is 416 g/mol. The second kappa shape index (κ2) is 7.80. The molecule has 0 aliphatic rings. The lowest BCUT2D eigenvalue weighted by Gasteiger charge is -2.07. The molecule has 31 heavy (non-hydrogen) atoms. The normalized spacial score (nSPS) is 11.4. The molecule has 3 N–H and O–H groups in total. The predicted molar refractivity (Wildman–Crippen MR) is 119 cm³/mol. The van der Waals surface area contributed by atoms with Crippen LogP contribution in [0.2, 0.25) is 0 Å². The number of amides is 1. The van der Waals surface area contributed by atoms with E-state index in [4.69, 9.17) is 4.42 Å². The van der Waals surface area contributed by atoms with Gasteiger partial charge in [-0.2, -0.15) is 0 Å². The van der Waals surface area contributed by atoms with Crippen LogP contribution in [0.5, 0.6) is 0 Å². The fourth-order valence-corrected chi connectivity index (χ4v) is 4.19. The smallest absolute Gasteiger partial charge is 0.323 e. The Bertz CT molecular complexity index is 1430. The minimum Gasteiger partial charge on any atom is -0.453 e. The number of carbonyl (C=O) groups excluding carboxylic acids is 1. The maximum Gasteiger partial charge on any atom is 0.323 e. The summed E-state index contributed by atoms with van der Waals surface area (Å²) < 4.78 is 7.83. The molecule has 5 aromatic rings. The van der Waals surface area contributed by atoms with Gasteiger partial charge < -0.3 is 19.7 Å². The number of nitrogens with one attached hydrogen (secondary N) is 3. The minimum atomic E-state index is -0.284. The van der Waals surface area contributed by atoms with E-state index in [1.807, 2.05) is 41.8 Å². The molecule has 0 atom stereocenters. The van der Waals surface area contributed by atoms with Crippen LogP contribution in [-0.4, -0.2) is 36.4 Å². The van der Waals surface area contributed by atoms with Crippen molar-refractivity contribution in [2.45, 2.75) is 18.6 Å². The van der Waals surface area contributed by atoms with Crippen LogP contribution in [0.1, 0.15) is 6.92 Å². The van der Waals surface area contributed by atoms with E-state index in [-0.39, 0.29) is 17.3 Å². The van der Waals surface area contributed by atoms with E-state index in [2.05, 4.69) is 25.5 Å². The summed E-state index contributed by atoms with van der Waals surface area (Å²) >= 11 is 1.30. The second-order valence-corrected chi connectivity index (χ2v) is 7.82. The number of H-pyrrole nitrogens is 2. The minimum absolute atomic E-state index is 0.167. The average Bonchev–Trinajstić information content (AvgIpc) is 3.46. The Kier molecular flexibility index (Phi) is 4.83. The highest BCUT2D eigenvalue weighted by Gasteiger charge is 2.18. The monoisotopic (exact) mass is 434 g/mol. The third-order valence-corrected chi connectivity index (χ3v) is 5.78. The lowest BCUT2D eigenvalue weighted by molar-refractivity contribution is -0.113. The van der Waals surface area contributed by atoms with E-state index >= 15 is 0 Å². The summed E-state index contributed by atoms with van der Waals surface area (Å²) in [5, 5.41) is 13.0. The van der Waals surface area contributed by atoms with Gasteiger partial charge in [0, 0.05) is 17.6 Å². The van der Waals surface area contributed by atoms with E-state index < -0.39 is 0 Å². The van der Waals surface area contributed by atoms with Crippen LogP contribution in [0.15, 0.2) is 62.9 Å². The van der Waals surface area contributed by atoms with Gasteiger partial charge in [-0.25, -0.2) is 4.79 Å². The number of carbonyl (C=O) groups is 1. The summed E-state index contributed by atoms with van der Waals surface area (Å²) in [5.41, 5.74) is 2.43. The van der Waals surface area contributed by atoms with Crippen LogP contribution >= 0.6 is 11.8 Å². The number of furan rings is 1. The van der Waals surface area contributed by atoms with Crippen LogP contribution < -0.4 is 11.0 Å². The van der Waals surface area contributed by atoms with Gasteiger partial charge in [0.2, 0.25) is 11.7 Å². The van der Waals surface area contributed by atoms with Crippen LogP contribution in [0.3, 0.4) is 0 Å². The van der Waals surface area contributed by atoms with Crippen molar-refractivity contribution < 1.29 is 9.21 Å². The zero-order chi connectivity index (χ0) is 21.4. The molecule has 3 aromatic heterocycles. The zero-order valence-electron chi connectivity index (χ0n) is 16.5. The standard InChI is InChI=1S/C21H18N6O3S/c1-2-27-19(17-9-12-5-3-4-6-16(12)30-17)25-26-21(27)31-11-18(28)22-13-7-8-14-15(10-13)24-20(29)23-14/h3-10H,2,11H2,1H3,(H,22,28)(H2,23,24,29). The molecular formula is C21H18N6O3S. The number of aromatic nitrogens is 5. The highest BCUT2D eigenvalue weighted by Crippen LogP contribution is 2.29. The molecule has 2 aromatic carbocycles. The number of nitrogens with zero attached hydrogens (tertiary/aromatic N) is 3. The Hall–Kier alpha value is -3.79. The molecule has 0 unspecified atom stereocenters. The summed E-state index contributed by atoms with van der Waals surface area (Å²) in [6, 6.07) is 14.9. The number of imidazole rings is 1. The first-order valence-electron chi connectivity index (χ1n) is 9.67. The third kappa shape index (κ3) is 3.73. The molecule has 9 nitrogen and oxygen atoms in total. The number of fused-ring (bicyclic) bond motifs is 2. The maximum atomic E-state index is 12.4. The van der Waals surface area contributed by atoms with Crippen LogP contribution in [0.4, 0.5) is 5.69 Å². The molecule has 156 valence electrons. The van der Waals surface area contributed by atoms with Crippen LogP contribution in [0, 0.1) is 0 Å². The fraction of sp³-hybridized carbons (Fsp3) is 0.143.